The van der Waals surface area contributed by atoms with Gasteiger partial charge in [-0.1, -0.05) is 26.0 Å². The number of anilines is 1. The number of thiazole rings is 1. The van der Waals surface area contributed by atoms with E-state index in [9.17, 15) is 4.79 Å². The maximum Gasteiger partial charge on any atom is 0.262 e. The lowest BCUT2D eigenvalue weighted by Crippen LogP contribution is -2.25. The van der Waals surface area contributed by atoms with Crippen LogP contribution in [0.3, 0.4) is 0 Å². The second kappa shape index (κ2) is 9.69. The summed E-state index contributed by atoms with van der Waals surface area (Å²) in [5.41, 5.74) is 5.02. The standard InChI is InChI=1S/C26H27N5O2S/c1-18(2)19-4-7-21(8-5-19)28-26-31(12-3-11-30-13-10-27-17-30)23(16-34-26)20-6-9-24-22(14-20)29-25(32)15-33-24/h4-10,13-14,16-18H,3,11-12,15H2,1-2H3,(H,29,32). The average molecular weight is 474 g/mol. The van der Waals surface area contributed by atoms with E-state index in [2.05, 4.69) is 62.9 Å². The van der Waals surface area contributed by atoms with E-state index in [0.717, 1.165) is 41.3 Å². The molecule has 0 radical (unpaired) electrons. The number of aryl methyl sites for hydroxylation is 1. The molecule has 8 heteroatoms. The number of aromatic nitrogens is 3. The Morgan fingerprint density at radius 1 is 1.18 bits per heavy atom. The molecule has 0 spiro atoms. The summed E-state index contributed by atoms with van der Waals surface area (Å²) in [6.07, 6.45) is 6.55. The van der Waals surface area contributed by atoms with Gasteiger partial charge >= 0.3 is 0 Å². The van der Waals surface area contributed by atoms with E-state index in [0.29, 0.717) is 17.4 Å². The summed E-state index contributed by atoms with van der Waals surface area (Å²) in [6.45, 7) is 6.12. The number of carbonyl (C=O) groups is 1. The first-order chi connectivity index (χ1) is 16.6. The van der Waals surface area contributed by atoms with Crippen LogP contribution in [0.25, 0.3) is 11.3 Å². The third-order valence-corrected chi connectivity index (χ3v) is 6.71. The summed E-state index contributed by atoms with van der Waals surface area (Å²) in [6, 6.07) is 14.4. The van der Waals surface area contributed by atoms with Crippen LogP contribution < -0.4 is 14.9 Å². The maximum absolute atomic E-state index is 11.8. The van der Waals surface area contributed by atoms with E-state index in [1.165, 1.54) is 5.56 Å². The molecule has 1 aliphatic rings. The summed E-state index contributed by atoms with van der Waals surface area (Å²) in [5, 5.41) is 5.04. The Hall–Kier alpha value is -3.65. The van der Waals surface area contributed by atoms with E-state index in [4.69, 9.17) is 9.73 Å². The molecule has 5 rings (SSSR count). The van der Waals surface area contributed by atoms with Crippen molar-refractivity contribution in [3.63, 3.8) is 0 Å². The molecular formula is C26H27N5O2S. The molecule has 0 unspecified atom stereocenters. The molecule has 0 fully saturated rings. The van der Waals surface area contributed by atoms with Crippen molar-refractivity contribution in [3.05, 3.63) is 76.9 Å². The predicted octanol–water partition coefficient (Wildman–Crippen LogP) is 5.19. The molecule has 0 saturated heterocycles. The molecule has 34 heavy (non-hydrogen) atoms. The topological polar surface area (TPSA) is 73.4 Å². The Bertz CT molecular complexity index is 1350. The number of nitrogens with zero attached hydrogens (tertiary/aromatic N) is 4. The van der Waals surface area contributed by atoms with Crippen LogP contribution in [0.15, 0.2) is 71.6 Å². The van der Waals surface area contributed by atoms with Crippen molar-refractivity contribution in [2.75, 3.05) is 11.9 Å². The Labute approximate surface area is 202 Å². The molecule has 1 amide bonds. The minimum Gasteiger partial charge on any atom is -0.482 e. The summed E-state index contributed by atoms with van der Waals surface area (Å²) < 4.78 is 9.87. The minimum absolute atomic E-state index is 0.0532. The largest absolute Gasteiger partial charge is 0.482 e. The fraction of sp³-hybridized carbons (Fsp3) is 0.269. The quantitative estimate of drug-likeness (QED) is 0.401. The van der Waals surface area contributed by atoms with Crippen molar-refractivity contribution in [2.45, 2.75) is 39.3 Å². The van der Waals surface area contributed by atoms with Gasteiger partial charge in [-0.3, -0.25) is 4.79 Å². The van der Waals surface area contributed by atoms with Gasteiger partial charge in [0.25, 0.3) is 5.91 Å². The van der Waals surface area contributed by atoms with Crippen LogP contribution in [0.5, 0.6) is 5.75 Å². The zero-order valence-electron chi connectivity index (χ0n) is 19.3. The molecule has 0 atom stereocenters. The summed E-state index contributed by atoms with van der Waals surface area (Å²) in [5.74, 6) is 1.05. The van der Waals surface area contributed by atoms with Gasteiger partial charge in [-0.05, 0) is 48.2 Å². The Kier molecular flexibility index (Phi) is 6.31. The number of nitrogens with one attached hydrogen (secondary N) is 1. The van der Waals surface area contributed by atoms with Gasteiger partial charge in [0, 0.05) is 36.4 Å². The van der Waals surface area contributed by atoms with E-state index >= 15 is 0 Å². The monoisotopic (exact) mass is 473 g/mol. The molecule has 7 nitrogen and oxygen atoms in total. The number of hydrogen-bond acceptors (Lipinski definition) is 5. The Morgan fingerprint density at radius 3 is 2.79 bits per heavy atom. The lowest BCUT2D eigenvalue weighted by Gasteiger charge is -2.19. The number of rotatable bonds is 7. The van der Waals surface area contributed by atoms with Crippen LogP contribution in [-0.4, -0.2) is 26.6 Å². The number of ether oxygens (including phenoxy) is 1. The van der Waals surface area contributed by atoms with Crippen molar-refractivity contribution in [1.82, 2.24) is 14.1 Å². The van der Waals surface area contributed by atoms with Crippen LogP contribution in [0, 0.1) is 0 Å². The fourth-order valence-corrected chi connectivity index (χ4v) is 4.94. The zero-order valence-corrected chi connectivity index (χ0v) is 20.1. The third kappa shape index (κ3) is 4.82. The molecule has 3 heterocycles. The molecular weight excluding hydrogens is 446 g/mol. The normalized spacial score (nSPS) is 13.6. The highest BCUT2D eigenvalue weighted by Crippen LogP contribution is 2.33. The minimum atomic E-state index is -0.135. The van der Waals surface area contributed by atoms with Crippen molar-refractivity contribution < 1.29 is 9.53 Å². The smallest absolute Gasteiger partial charge is 0.262 e. The summed E-state index contributed by atoms with van der Waals surface area (Å²) in [7, 11) is 0. The number of carbonyl (C=O) groups excluding carboxylic acids is 1. The molecule has 0 bridgehead atoms. The van der Waals surface area contributed by atoms with Crippen molar-refractivity contribution in [2.24, 2.45) is 4.99 Å². The van der Waals surface area contributed by atoms with Gasteiger partial charge in [0.1, 0.15) is 5.75 Å². The van der Waals surface area contributed by atoms with Crippen LogP contribution in [0.4, 0.5) is 11.4 Å². The van der Waals surface area contributed by atoms with Gasteiger partial charge in [0.2, 0.25) is 0 Å². The van der Waals surface area contributed by atoms with Gasteiger partial charge in [-0.2, -0.15) is 0 Å². The van der Waals surface area contributed by atoms with E-state index in [-0.39, 0.29) is 12.5 Å². The van der Waals surface area contributed by atoms with Crippen LogP contribution in [0.1, 0.15) is 31.7 Å². The molecule has 0 saturated carbocycles. The molecule has 2 aromatic heterocycles. The average Bonchev–Trinajstić information content (AvgIpc) is 3.49. The van der Waals surface area contributed by atoms with Gasteiger partial charge in [-0.15, -0.1) is 11.3 Å². The summed E-state index contributed by atoms with van der Waals surface area (Å²) >= 11 is 1.62. The van der Waals surface area contributed by atoms with E-state index in [1.807, 2.05) is 30.7 Å². The molecule has 174 valence electrons. The molecule has 1 N–H and O–H groups in total. The highest BCUT2D eigenvalue weighted by molar-refractivity contribution is 7.07. The van der Waals surface area contributed by atoms with Crippen LogP contribution in [-0.2, 0) is 17.9 Å². The van der Waals surface area contributed by atoms with E-state index < -0.39 is 0 Å². The van der Waals surface area contributed by atoms with Crippen LogP contribution in [0.2, 0.25) is 0 Å². The molecule has 2 aromatic carbocycles. The lowest BCUT2D eigenvalue weighted by molar-refractivity contribution is -0.118. The number of fused-ring (bicyclic) bond motifs is 1. The number of benzene rings is 2. The molecule has 4 aromatic rings. The number of amides is 1. The van der Waals surface area contributed by atoms with Gasteiger partial charge in [0.15, 0.2) is 11.4 Å². The van der Waals surface area contributed by atoms with Gasteiger partial charge < -0.3 is 19.2 Å². The Balaban J connectivity index is 1.50. The SMILES string of the molecule is CC(C)c1ccc(N=c2scc(-c3ccc4c(c3)NC(=O)CO4)n2CCCn2ccnc2)cc1. The predicted molar refractivity (Wildman–Crippen MR) is 134 cm³/mol. The Morgan fingerprint density at radius 2 is 2.03 bits per heavy atom. The van der Waals surface area contributed by atoms with Crippen molar-refractivity contribution >= 4 is 28.6 Å². The summed E-state index contributed by atoms with van der Waals surface area (Å²) in [4.78, 5) is 21.9. The third-order valence-electron chi connectivity index (χ3n) is 5.85. The van der Waals surface area contributed by atoms with E-state index in [1.54, 1.807) is 17.5 Å². The highest BCUT2D eigenvalue weighted by Gasteiger charge is 2.18. The fourth-order valence-electron chi connectivity index (χ4n) is 3.98. The van der Waals surface area contributed by atoms with Gasteiger partial charge in [0.05, 0.1) is 23.4 Å². The maximum atomic E-state index is 11.8. The molecule has 0 aliphatic carbocycles. The second-order valence-corrected chi connectivity index (χ2v) is 9.45. The molecule has 1 aliphatic heterocycles. The lowest BCUT2D eigenvalue weighted by atomic mass is 10.0. The van der Waals surface area contributed by atoms with Crippen molar-refractivity contribution in [1.29, 1.82) is 0 Å². The second-order valence-electron chi connectivity index (χ2n) is 8.62. The highest BCUT2D eigenvalue weighted by atomic mass is 32.1. The van der Waals surface area contributed by atoms with Gasteiger partial charge in [-0.25, -0.2) is 9.98 Å². The first-order valence-corrected chi connectivity index (χ1v) is 12.3. The zero-order chi connectivity index (χ0) is 23.5. The number of imidazole rings is 1. The first-order valence-electron chi connectivity index (χ1n) is 11.4. The first kappa shape index (κ1) is 22.2. The number of hydrogen-bond donors (Lipinski definition) is 1. The van der Waals surface area contributed by atoms with Crippen molar-refractivity contribution in [3.8, 4) is 17.0 Å². The van der Waals surface area contributed by atoms with Crippen LogP contribution >= 0.6 is 11.3 Å².